The third-order valence-corrected chi connectivity index (χ3v) is 2.57. The summed E-state index contributed by atoms with van der Waals surface area (Å²) in [5, 5.41) is 2.69. The van der Waals surface area contributed by atoms with E-state index in [-0.39, 0.29) is 12.0 Å². The van der Waals surface area contributed by atoms with E-state index in [9.17, 15) is 9.59 Å². The number of hydrogen-bond acceptors (Lipinski definition) is 4. The van der Waals surface area contributed by atoms with Crippen LogP contribution in [0.1, 0.15) is 12.8 Å². The highest BCUT2D eigenvalue weighted by atomic mass is 16.5. The number of nitrogens with one attached hydrogen (secondary N) is 1. The SMILES string of the molecule is COCCNC(=O)N1CCCC1C(=O)OC. The molecule has 1 N–H and O–H groups in total. The molecule has 6 heteroatoms. The number of carbonyl (C=O) groups excluding carboxylic acids is 2. The highest BCUT2D eigenvalue weighted by Gasteiger charge is 2.34. The van der Waals surface area contributed by atoms with Crippen molar-refractivity contribution < 1.29 is 19.1 Å². The third kappa shape index (κ3) is 3.10. The summed E-state index contributed by atoms with van der Waals surface area (Å²) in [6.45, 7) is 1.50. The summed E-state index contributed by atoms with van der Waals surface area (Å²) >= 11 is 0. The third-order valence-electron chi connectivity index (χ3n) is 2.57. The lowest BCUT2D eigenvalue weighted by Gasteiger charge is -2.22. The summed E-state index contributed by atoms with van der Waals surface area (Å²) in [6.07, 6.45) is 1.50. The van der Waals surface area contributed by atoms with E-state index in [1.165, 1.54) is 12.0 Å². The second-order valence-electron chi connectivity index (χ2n) is 3.60. The van der Waals surface area contributed by atoms with Crippen LogP contribution in [0.4, 0.5) is 4.79 Å². The van der Waals surface area contributed by atoms with Crippen molar-refractivity contribution in [2.45, 2.75) is 18.9 Å². The quantitative estimate of drug-likeness (QED) is 0.544. The molecule has 1 saturated heterocycles. The van der Waals surface area contributed by atoms with Crippen LogP contribution >= 0.6 is 0 Å². The highest BCUT2D eigenvalue weighted by Crippen LogP contribution is 2.18. The number of carbonyl (C=O) groups is 2. The molecule has 6 nitrogen and oxygen atoms in total. The van der Waals surface area contributed by atoms with Crippen LogP contribution in [0, 0.1) is 0 Å². The molecule has 0 aliphatic carbocycles. The maximum Gasteiger partial charge on any atom is 0.328 e. The Morgan fingerprint density at radius 2 is 2.19 bits per heavy atom. The summed E-state index contributed by atoms with van der Waals surface area (Å²) in [5.74, 6) is -0.348. The van der Waals surface area contributed by atoms with Crippen LogP contribution in [0.15, 0.2) is 0 Å². The van der Waals surface area contributed by atoms with E-state index in [2.05, 4.69) is 10.1 Å². The molecule has 2 amide bonds. The van der Waals surface area contributed by atoms with Crippen molar-refractivity contribution in [1.29, 1.82) is 0 Å². The number of methoxy groups -OCH3 is 2. The Morgan fingerprint density at radius 1 is 1.44 bits per heavy atom. The Morgan fingerprint density at radius 3 is 2.81 bits per heavy atom. The number of nitrogens with zero attached hydrogens (tertiary/aromatic N) is 1. The number of ether oxygens (including phenoxy) is 2. The summed E-state index contributed by atoms with van der Waals surface area (Å²) in [6, 6.07) is -0.669. The van der Waals surface area contributed by atoms with Gasteiger partial charge in [-0.15, -0.1) is 0 Å². The molecule has 92 valence electrons. The van der Waals surface area contributed by atoms with Crippen molar-refractivity contribution in [2.24, 2.45) is 0 Å². The molecule has 16 heavy (non-hydrogen) atoms. The van der Waals surface area contributed by atoms with E-state index in [0.29, 0.717) is 26.1 Å². The molecule has 1 heterocycles. The molecule has 1 unspecified atom stereocenters. The fraction of sp³-hybridized carbons (Fsp3) is 0.800. The molecule has 0 aromatic heterocycles. The molecular weight excluding hydrogens is 212 g/mol. The van der Waals surface area contributed by atoms with Gasteiger partial charge in [-0.2, -0.15) is 0 Å². The lowest BCUT2D eigenvalue weighted by atomic mass is 10.2. The zero-order valence-corrected chi connectivity index (χ0v) is 9.69. The highest BCUT2D eigenvalue weighted by molar-refractivity contribution is 5.84. The predicted molar refractivity (Wildman–Crippen MR) is 57.0 cm³/mol. The molecule has 1 fully saturated rings. The topological polar surface area (TPSA) is 67.9 Å². The molecule has 0 saturated carbocycles. The lowest BCUT2D eigenvalue weighted by Crippen LogP contribution is -2.47. The first-order valence-corrected chi connectivity index (χ1v) is 5.32. The van der Waals surface area contributed by atoms with Gasteiger partial charge in [0.15, 0.2) is 0 Å². The van der Waals surface area contributed by atoms with Crippen LogP contribution in [0.2, 0.25) is 0 Å². The van der Waals surface area contributed by atoms with Gasteiger partial charge in [0.25, 0.3) is 0 Å². The number of hydrogen-bond donors (Lipinski definition) is 1. The zero-order chi connectivity index (χ0) is 12.0. The Hall–Kier alpha value is -1.30. The first kappa shape index (κ1) is 12.8. The maximum absolute atomic E-state index is 11.7. The van der Waals surface area contributed by atoms with E-state index in [1.807, 2.05) is 0 Å². The van der Waals surface area contributed by atoms with Gasteiger partial charge in [-0.25, -0.2) is 9.59 Å². The van der Waals surface area contributed by atoms with Gasteiger partial charge in [0.1, 0.15) is 6.04 Å². The minimum atomic E-state index is -0.437. The van der Waals surface area contributed by atoms with E-state index in [4.69, 9.17) is 4.74 Å². The Balaban J connectivity index is 2.44. The Bertz CT molecular complexity index is 257. The molecule has 1 aliphatic rings. The van der Waals surface area contributed by atoms with Crippen LogP contribution in [0.3, 0.4) is 0 Å². The van der Waals surface area contributed by atoms with Gasteiger partial charge in [-0.1, -0.05) is 0 Å². The number of esters is 1. The van der Waals surface area contributed by atoms with Crippen molar-refractivity contribution in [1.82, 2.24) is 10.2 Å². The fourth-order valence-corrected chi connectivity index (χ4v) is 1.75. The van der Waals surface area contributed by atoms with Gasteiger partial charge in [-0.05, 0) is 12.8 Å². The molecule has 1 aliphatic heterocycles. The van der Waals surface area contributed by atoms with Gasteiger partial charge in [0.2, 0.25) is 0 Å². The van der Waals surface area contributed by atoms with Crippen LogP contribution in [0.25, 0.3) is 0 Å². The smallest absolute Gasteiger partial charge is 0.328 e. The van der Waals surface area contributed by atoms with Crippen LogP contribution < -0.4 is 5.32 Å². The lowest BCUT2D eigenvalue weighted by molar-refractivity contribution is -0.144. The monoisotopic (exact) mass is 230 g/mol. The predicted octanol–water partition coefficient (Wildman–Crippen LogP) is -0.0202. The second kappa shape index (κ2) is 6.32. The number of amides is 2. The van der Waals surface area contributed by atoms with Crippen molar-refractivity contribution in [3.8, 4) is 0 Å². The molecule has 1 rings (SSSR count). The van der Waals surface area contributed by atoms with Crippen LogP contribution in [0.5, 0.6) is 0 Å². The standard InChI is InChI=1S/C10H18N2O4/c1-15-7-5-11-10(14)12-6-3-4-8(12)9(13)16-2/h8H,3-7H2,1-2H3,(H,11,14). The summed E-state index contributed by atoms with van der Waals surface area (Å²) < 4.78 is 9.48. The minimum Gasteiger partial charge on any atom is -0.467 e. The normalized spacial score (nSPS) is 19.6. The second-order valence-corrected chi connectivity index (χ2v) is 3.60. The van der Waals surface area contributed by atoms with Crippen LogP contribution in [-0.2, 0) is 14.3 Å². The van der Waals surface area contributed by atoms with Gasteiger partial charge in [0.05, 0.1) is 13.7 Å². The first-order valence-electron chi connectivity index (χ1n) is 5.32. The summed E-state index contributed by atoms with van der Waals surface area (Å²) in [5.41, 5.74) is 0. The molecule has 0 spiro atoms. The van der Waals surface area contributed by atoms with Gasteiger partial charge < -0.3 is 19.7 Å². The van der Waals surface area contributed by atoms with E-state index in [0.717, 1.165) is 6.42 Å². The molecule has 0 bridgehead atoms. The molecule has 0 aromatic rings. The molecule has 0 aromatic carbocycles. The van der Waals surface area contributed by atoms with Crippen molar-refractivity contribution in [3.05, 3.63) is 0 Å². The van der Waals surface area contributed by atoms with Gasteiger partial charge in [0, 0.05) is 20.2 Å². The average Bonchev–Trinajstić information content (AvgIpc) is 2.77. The van der Waals surface area contributed by atoms with Crippen molar-refractivity contribution in [2.75, 3.05) is 33.9 Å². The summed E-state index contributed by atoms with van der Waals surface area (Å²) in [7, 11) is 2.90. The van der Waals surface area contributed by atoms with Crippen molar-refractivity contribution in [3.63, 3.8) is 0 Å². The number of likely N-dealkylation sites (tertiary alicyclic amines) is 1. The molecule has 1 atom stereocenters. The average molecular weight is 230 g/mol. The Labute approximate surface area is 94.9 Å². The maximum atomic E-state index is 11.7. The van der Waals surface area contributed by atoms with E-state index < -0.39 is 6.04 Å². The molecule has 0 radical (unpaired) electrons. The van der Waals surface area contributed by atoms with Gasteiger partial charge >= 0.3 is 12.0 Å². The molecular formula is C10H18N2O4. The number of rotatable bonds is 4. The summed E-state index contributed by atoms with van der Waals surface area (Å²) in [4.78, 5) is 24.6. The largest absolute Gasteiger partial charge is 0.467 e. The fourth-order valence-electron chi connectivity index (χ4n) is 1.75. The Kier molecular flexibility index (Phi) is 5.04. The first-order chi connectivity index (χ1) is 7.70. The number of urea groups is 1. The zero-order valence-electron chi connectivity index (χ0n) is 9.69. The van der Waals surface area contributed by atoms with Crippen LogP contribution in [-0.4, -0.2) is 56.9 Å². The van der Waals surface area contributed by atoms with Crippen molar-refractivity contribution >= 4 is 12.0 Å². The minimum absolute atomic E-state index is 0.232. The van der Waals surface area contributed by atoms with E-state index in [1.54, 1.807) is 7.11 Å². The van der Waals surface area contributed by atoms with Gasteiger partial charge in [-0.3, -0.25) is 0 Å². The van der Waals surface area contributed by atoms with E-state index >= 15 is 0 Å².